The van der Waals surface area contributed by atoms with Crippen LogP contribution in [0.2, 0.25) is 0 Å². The van der Waals surface area contributed by atoms with E-state index in [0.29, 0.717) is 23.7 Å². The molecule has 10 heteroatoms. The van der Waals surface area contributed by atoms with E-state index >= 15 is 0 Å². The second-order valence-electron chi connectivity index (χ2n) is 9.76. The molecule has 0 saturated carbocycles. The highest BCUT2D eigenvalue weighted by Gasteiger charge is 2.34. The minimum atomic E-state index is -0.687. The average molecular weight is 512 g/mol. The lowest BCUT2D eigenvalue weighted by Gasteiger charge is -2.45. The molecule has 0 aliphatic carbocycles. The number of ether oxygens (including phenoxy) is 1. The Balaban J connectivity index is 1.18. The van der Waals surface area contributed by atoms with Crippen LogP contribution in [0.25, 0.3) is 11.1 Å². The second-order valence-corrected chi connectivity index (χ2v) is 9.76. The van der Waals surface area contributed by atoms with Gasteiger partial charge in [0.25, 0.3) is 11.7 Å². The van der Waals surface area contributed by atoms with Crippen LogP contribution >= 0.6 is 0 Å². The van der Waals surface area contributed by atoms with E-state index in [1.165, 1.54) is 0 Å². The lowest BCUT2D eigenvalue weighted by Crippen LogP contribution is -2.57. The third-order valence-electron chi connectivity index (χ3n) is 7.29. The Morgan fingerprint density at radius 2 is 1.87 bits per heavy atom. The molecule has 38 heavy (non-hydrogen) atoms. The standard InChI is InChI=1S/C28H29N7O3/c1-18-13-22(19-7-5-4-6-8-19)25(33(18)3)26(36)27(37)30-20-9-10-23-24(14-20)38-16-21-15-34(11-12-35(21)23)28-29-17-32(2)31-28/h4-10,13-14,17,21H,11-12,15-16H2,1-3H3,(H,30,37)/t21-/m0/s1. The molecular weight excluding hydrogens is 482 g/mol. The summed E-state index contributed by atoms with van der Waals surface area (Å²) in [5.41, 5.74) is 4.39. The van der Waals surface area contributed by atoms with Crippen molar-refractivity contribution in [3.05, 3.63) is 72.3 Å². The van der Waals surface area contributed by atoms with Gasteiger partial charge in [-0.1, -0.05) is 30.3 Å². The van der Waals surface area contributed by atoms with E-state index in [-0.39, 0.29) is 6.04 Å². The largest absolute Gasteiger partial charge is 0.489 e. The van der Waals surface area contributed by atoms with Gasteiger partial charge in [0.1, 0.15) is 24.4 Å². The van der Waals surface area contributed by atoms with Gasteiger partial charge in [-0.15, -0.1) is 5.10 Å². The minimum absolute atomic E-state index is 0.166. The SMILES string of the molecule is Cc1cc(-c2ccccc2)c(C(=O)C(=O)Nc2ccc3c(c2)OC[C@@H]2CN(c4ncn(C)n4)CCN32)n1C. The van der Waals surface area contributed by atoms with E-state index in [2.05, 4.69) is 25.2 Å². The second kappa shape index (κ2) is 9.37. The first kappa shape index (κ1) is 23.8. The van der Waals surface area contributed by atoms with Crippen LogP contribution in [0.3, 0.4) is 0 Å². The van der Waals surface area contributed by atoms with Crippen LogP contribution in [0.15, 0.2) is 60.9 Å². The molecule has 1 fully saturated rings. The van der Waals surface area contributed by atoms with E-state index < -0.39 is 11.7 Å². The van der Waals surface area contributed by atoms with E-state index in [0.717, 1.165) is 48.1 Å². The lowest BCUT2D eigenvalue weighted by atomic mass is 10.0. The number of anilines is 3. The number of ketones is 1. The first-order chi connectivity index (χ1) is 18.4. The van der Waals surface area contributed by atoms with Crippen molar-refractivity contribution >= 4 is 29.0 Å². The zero-order chi connectivity index (χ0) is 26.4. The molecule has 194 valence electrons. The van der Waals surface area contributed by atoms with Gasteiger partial charge in [0.15, 0.2) is 0 Å². The molecule has 2 aromatic heterocycles. The van der Waals surface area contributed by atoms with Gasteiger partial charge in [-0.3, -0.25) is 14.3 Å². The predicted molar refractivity (Wildman–Crippen MR) is 145 cm³/mol. The van der Waals surface area contributed by atoms with Crippen molar-refractivity contribution < 1.29 is 14.3 Å². The number of amides is 1. The number of piperazine rings is 1. The van der Waals surface area contributed by atoms with Crippen molar-refractivity contribution in [2.75, 3.05) is 41.4 Å². The summed E-state index contributed by atoms with van der Waals surface area (Å²) in [6, 6.07) is 17.3. The van der Waals surface area contributed by atoms with Crippen LogP contribution in [0.1, 0.15) is 16.2 Å². The summed E-state index contributed by atoms with van der Waals surface area (Å²) in [4.78, 5) is 35.3. The first-order valence-corrected chi connectivity index (χ1v) is 12.6. The number of Topliss-reactive ketones (excluding diaryl/α,β-unsaturated/α-hetero) is 1. The van der Waals surface area contributed by atoms with Crippen LogP contribution < -0.4 is 19.9 Å². The molecule has 2 aliphatic rings. The summed E-state index contributed by atoms with van der Waals surface area (Å²) in [5.74, 6) is 0.144. The molecule has 1 atom stereocenters. The fraction of sp³-hybridized carbons (Fsp3) is 0.286. The normalized spacial score (nSPS) is 16.4. The van der Waals surface area contributed by atoms with E-state index in [9.17, 15) is 9.59 Å². The van der Waals surface area contributed by atoms with Crippen LogP contribution in [0.5, 0.6) is 5.75 Å². The van der Waals surface area contributed by atoms with Gasteiger partial charge in [-0.2, -0.15) is 0 Å². The zero-order valence-electron chi connectivity index (χ0n) is 21.6. The summed E-state index contributed by atoms with van der Waals surface area (Å²) < 4.78 is 9.56. The number of benzene rings is 2. The van der Waals surface area contributed by atoms with Gasteiger partial charge in [-0.05, 0) is 30.7 Å². The summed E-state index contributed by atoms with van der Waals surface area (Å²) in [6.45, 7) is 4.79. The molecule has 10 nitrogen and oxygen atoms in total. The van der Waals surface area contributed by atoms with Crippen LogP contribution in [0.4, 0.5) is 17.3 Å². The number of nitrogens with zero attached hydrogens (tertiary/aromatic N) is 6. The molecule has 1 saturated heterocycles. The van der Waals surface area contributed by atoms with Crippen LogP contribution in [-0.2, 0) is 18.9 Å². The quantitative estimate of drug-likeness (QED) is 0.325. The van der Waals surface area contributed by atoms with Crippen molar-refractivity contribution in [2.45, 2.75) is 13.0 Å². The monoisotopic (exact) mass is 511 g/mol. The predicted octanol–water partition coefficient (Wildman–Crippen LogP) is 3.04. The first-order valence-electron chi connectivity index (χ1n) is 12.6. The van der Waals surface area contributed by atoms with Crippen molar-refractivity contribution in [1.29, 1.82) is 0 Å². The maximum absolute atomic E-state index is 13.3. The number of aryl methyl sites for hydroxylation is 2. The van der Waals surface area contributed by atoms with Crippen molar-refractivity contribution in [1.82, 2.24) is 19.3 Å². The average Bonchev–Trinajstić information content (AvgIpc) is 3.50. The molecule has 0 spiro atoms. The molecule has 2 aliphatic heterocycles. The van der Waals surface area contributed by atoms with Crippen LogP contribution in [0, 0.1) is 6.92 Å². The molecule has 2 aromatic carbocycles. The number of carbonyl (C=O) groups excluding carboxylic acids is 2. The summed E-state index contributed by atoms with van der Waals surface area (Å²) in [6.07, 6.45) is 1.70. The highest BCUT2D eigenvalue weighted by Crippen LogP contribution is 2.38. The Kier molecular flexibility index (Phi) is 5.86. The van der Waals surface area contributed by atoms with E-state index in [4.69, 9.17) is 4.74 Å². The number of nitrogens with one attached hydrogen (secondary N) is 1. The minimum Gasteiger partial charge on any atom is -0.489 e. The molecular formula is C28H29N7O3. The molecule has 4 aromatic rings. The smallest absolute Gasteiger partial charge is 0.298 e. The third-order valence-corrected chi connectivity index (χ3v) is 7.29. The summed E-state index contributed by atoms with van der Waals surface area (Å²) >= 11 is 0. The topological polar surface area (TPSA) is 97.5 Å². The third kappa shape index (κ3) is 4.17. The van der Waals surface area contributed by atoms with Gasteiger partial charge in [0, 0.05) is 56.7 Å². The number of fused-ring (bicyclic) bond motifs is 3. The highest BCUT2D eigenvalue weighted by molar-refractivity contribution is 6.47. The molecule has 0 unspecified atom stereocenters. The number of hydrogen-bond donors (Lipinski definition) is 1. The number of aromatic nitrogens is 4. The molecule has 6 rings (SSSR count). The van der Waals surface area contributed by atoms with Crippen LogP contribution in [-0.4, -0.2) is 63.3 Å². The number of hydrogen-bond acceptors (Lipinski definition) is 7. The maximum Gasteiger partial charge on any atom is 0.298 e. The molecule has 1 N–H and O–H groups in total. The van der Waals surface area contributed by atoms with Crippen molar-refractivity contribution in [2.24, 2.45) is 14.1 Å². The summed E-state index contributed by atoms with van der Waals surface area (Å²) in [7, 11) is 3.66. The van der Waals surface area contributed by atoms with E-state index in [1.54, 1.807) is 28.7 Å². The Labute approximate surface area is 220 Å². The molecule has 4 heterocycles. The van der Waals surface area contributed by atoms with Gasteiger partial charge in [0.2, 0.25) is 5.95 Å². The molecule has 0 radical (unpaired) electrons. The Bertz CT molecular complexity index is 1520. The fourth-order valence-corrected chi connectivity index (χ4v) is 5.24. The summed E-state index contributed by atoms with van der Waals surface area (Å²) in [5, 5.41) is 7.20. The number of carbonyl (C=O) groups is 2. The van der Waals surface area contributed by atoms with E-state index in [1.807, 2.05) is 62.5 Å². The van der Waals surface area contributed by atoms with Gasteiger partial charge in [0.05, 0.1) is 11.7 Å². The van der Waals surface area contributed by atoms with Crippen molar-refractivity contribution in [3.63, 3.8) is 0 Å². The van der Waals surface area contributed by atoms with Gasteiger partial charge >= 0.3 is 0 Å². The highest BCUT2D eigenvalue weighted by atomic mass is 16.5. The van der Waals surface area contributed by atoms with Gasteiger partial charge < -0.3 is 24.4 Å². The Morgan fingerprint density at radius 1 is 1.05 bits per heavy atom. The lowest BCUT2D eigenvalue weighted by molar-refractivity contribution is -0.112. The fourth-order valence-electron chi connectivity index (χ4n) is 5.24. The van der Waals surface area contributed by atoms with Crippen molar-refractivity contribution in [3.8, 4) is 16.9 Å². The zero-order valence-corrected chi connectivity index (χ0v) is 21.6. The molecule has 1 amide bonds. The Hall–Kier alpha value is -4.60. The Morgan fingerprint density at radius 3 is 2.63 bits per heavy atom. The van der Waals surface area contributed by atoms with Gasteiger partial charge in [-0.25, -0.2) is 4.98 Å². The maximum atomic E-state index is 13.3. The molecule has 0 bridgehead atoms. The number of rotatable bonds is 5.